The summed E-state index contributed by atoms with van der Waals surface area (Å²) in [5, 5.41) is 11.5. The summed E-state index contributed by atoms with van der Waals surface area (Å²) < 4.78 is 0. The Morgan fingerprint density at radius 2 is 2.19 bits per heavy atom. The Kier molecular flexibility index (Phi) is 5.02. The van der Waals surface area contributed by atoms with E-state index < -0.39 is 0 Å². The predicted molar refractivity (Wildman–Crippen MR) is 79.7 cm³/mol. The van der Waals surface area contributed by atoms with Gasteiger partial charge in [0, 0.05) is 42.5 Å². The zero-order valence-corrected chi connectivity index (χ0v) is 11.6. The minimum atomic E-state index is -0.248. The van der Waals surface area contributed by atoms with Crippen molar-refractivity contribution >= 4 is 11.6 Å². The first kappa shape index (κ1) is 14.7. The molecule has 21 heavy (non-hydrogen) atoms. The van der Waals surface area contributed by atoms with Gasteiger partial charge in [-0.2, -0.15) is 0 Å². The fourth-order valence-electron chi connectivity index (χ4n) is 1.66. The maximum Gasteiger partial charge on any atom is 0.257 e. The SMILES string of the molecule is Cc1cnccc1NC(=O)c1cncc(C#CCCO)c1. The van der Waals surface area contributed by atoms with Crippen molar-refractivity contribution in [3.05, 3.63) is 53.6 Å². The molecule has 0 aliphatic carbocycles. The van der Waals surface area contributed by atoms with Crippen molar-refractivity contribution in [1.29, 1.82) is 0 Å². The summed E-state index contributed by atoms with van der Waals surface area (Å²) >= 11 is 0. The summed E-state index contributed by atoms with van der Waals surface area (Å²) in [4.78, 5) is 20.2. The number of pyridine rings is 2. The van der Waals surface area contributed by atoms with Crippen LogP contribution in [0.5, 0.6) is 0 Å². The van der Waals surface area contributed by atoms with E-state index in [-0.39, 0.29) is 12.5 Å². The molecule has 0 saturated heterocycles. The maximum atomic E-state index is 12.2. The number of aromatic nitrogens is 2. The van der Waals surface area contributed by atoms with E-state index in [1.807, 2.05) is 6.92 Å². The Morgan fingerprint density at radius 3 is 2.95 bits per heavy atom. The van der Waals surface area contributed by atoms with Gasteiger partial charge in [-0.25, -0.2) is 0 Å². The van der Waals surface area contributed by atoms with E-state index >= 15 is 0 Å². The summed E-state index contributed by atoms with van der Waals surface area (Å²) in [5.41, 5.74) is 2.68. The summed E-state index contributed by atoms with van der Waals surface area (Å²) in [5.74, 6) is 5.40. The molecule has 0 aromatic carbocycles. The molecule has 0 aliphatic rings. The highest BCUT2D eigenvalue weighted by Gasteiger charge is 2.08. The Hall–Kier alpha value is -2.71. The van der Waals surface area contributed by atoms with Gasteiger partial charge in [0.05, 0.1) is 12.2 Å². The van der Waals surface area contributed by atoms with Crippen molar-refractivity contribution in [1.82, 2.24) is 9.97 Å². The second-order valence-corrected chi connectivity index (χ2v) is 4.38. The molecule has 106 valence electrons. The highest BCUT2D eigenvalue weighted by atomic mass is 16.2. The fourth-order valence-corrected chi connectivity index (χ4v) is 1.66. The number of aryl methyl sites for hydroxylation is 1. The molecule has 0 unspecified atom stereocenters. The van der Waals surface area contributed by atoms with Crippen LogP contribution >= 0.6 is 0 Å². The molecule has 0 fully saturated rings. The summed E-state index contributed by atoms with van der Waals surface area (Å²) in [7, 11) is 0. The molecule has 0 spiro atoms. The zero-order valence-electron chi connectivity index (χ0n) is 11.6. The van der Waals surface area contributed by atoms with E-state index in [1.165, 1.54) is 6.20 Å². The molecule has 0 radical (unpaired) electrons. The first-order valence-electron chi connectivity index (χ1n) is 6.47. The lowest BCUT2D eigenvalue weighted by Crippen LogP contribution is -2.13. The van der Waals surface area contributed by atoms with E-state index in [2.05, 4.69) is 27.1 Å². The van der Waals surface area contributed by atoms with Crippen molar-refractivity contribution in [2.75, 3.05) is 11.9 Å². The molecule has 0 bridgehead atoms. The Morgan fingerprint density at radius 1 is 1.33 bits per heavy atom. The molecule has 0 saturated carbocycles. The average Bonchev–Trinajstić information content (AvgIpc) is 2.50. The lowest BCUT2D eigenvalue weighted by Gasteiger charge is -2.07. The summed E-state index contributed by atoms with van der Waals surface area (Å²) in [6, 6.07) is 3.41. The van der Waals surface area contributed by atoms with Crippen molar-refractivity contribution in [3.8, 4) is 11.8 Å². The summed E-state index contributed by atoms with van der Waals surface area (Å²) in [6.45, 7) is 1.89. The Bertz CT molecular complexity index is 702. The number of carbonyl (C=O) groups is 1. The molecule has 0 aliphatic heterocycles. The Balaban J connectivity index is 2.15. The third-order valence-corrected chi connectivity index (χ3v) is 2.74. The number of carbonyl (C=O) groups excluding carboxylic acids is 1. The maximum absolute atomic E-state index is 12.2. The van der Waals surface area contributed by atoms with E-state index in [1.54, 1.807) is 30.7 Å². The highest BCUT2D eigenvalue weighted by molar-refractivity contribution is 6.04. The van der Waals surface area contributed by atoms with Gasteiger partial charge >= 0.3 is 0 Å². The molecule has 1 amide bonds. The Labute approximate surface area is 123 Å². The zero-order chi connectivity index (χ0) is 15.1. The smallest absolute Gasteiger partial charge is 0.257 e. The number of nitrogens with one attached hydrogen (secondary N) is 1. The molecule has 2 rings (SSSR count). The number of nitrogens with zero attached hydrogens (tertiary/aromatic N) is 2. The number of hydrogen-bond donors (Lipinski definition) is 2. The molecule has 5 nitrogen and oxygen atoms in total. The molecule has 2 N–H and O–H groups in total. The van der Waals surface area contributed by atoms with Gasteiger partial charge in [-0.05, 0) is 24.6 Å². The lowest BCUT2D eigenvalue weighted by atomic mass is 10.2. The standard InChI is InChI=1S/C16H15N3O2/c1-12-9-17-6-5-15(12)19-16(21)14-8-13(10-18-11-14)4-2-3-7-20/h5-6,8-11,20H,3,7H2,1H3,(H,17,19,21). The normalized spacial score (nSPS) is 9.62. The van der Waals surface area contributed by atoms with Crippen molar-refractivity contribution < 1.29 is 9.90 Å². The van der Waals surface area contributed by atoms with Crippen molar-refractivity contribution in [2.45, 2.75) is 13.3 Å². The quantitative estimate of drug-likeness (QED) is 0.841. The van der Waals surface area contributed by atoms with Gasteiger partial charge in [-0.3, -0.25) is 14.8 Å². The lowest BCUT2D eigenvalue weighted by molar-refractivity contribution is 0.102. The molecule has 2 aromatic heterocycles. The minimum Gasteiger partial charge on any atom is -0.395 e. The number of hydrogen-bond acceptors (Lipinski definition) is 4. The van der Waals surface area contributed by atoms with Crippen molar-refractivity contribution in [3.63, 3.8) is 0 Å². The van der Waals surface area contributed by atoms with Gasteiger partial charge in [0.25, 0.3) is 5.91 Å². The number of rotatable bonds is 3. The number of aliphatic hydroxyl groups is 1. The molecule has 5 heteroatoms. The molecule has 2 aromatic rings. The van der Waals surface area contributed by atoms with Gasteiger partial charge in [-0.1, -0.05) is 11.8 Å². The van der Waals surface area contributed by atoms with Crippen LogP contribution in [0.1, 0.15) is 27.9 Å². The third-order valence-electron chi connectivity index (χ3n) is 2.74. The highest BCUT2D eigenvalue weighted by Crippen LogP contribution is 2.13. The molecular weight excluding hydrogens is 266 g/mol. The molecule has 2 heterocycles. The predicted octanol–water partition coefficient (Wildman–Crippen LogP) is 1.77. The van der Waals surface area contributed by atoms with Gasteiger partial charge in [0.2, 0.25) is 0 Å². The van der Waals surface area contributed by atoms with E-state index in [4.69, 9.17) is 5.11 Å². The largest absolute Gasteiger partial charge is 0.395 e. The summed E-state index contributed by atoms with van der Waals surface area (Å²) in [6.07, 6.45) is 6.77. The van der Waals surface area contributed by atoms with Crippen LogP contribution in [0, 0.1) is 18.8 Å². The van der Waals surface area contributed by atoms with Crippen LogP contribution in [-0.4, -0.2) is 27.6 Å². The van der Waals surface area contributed by atoms with Gasteiger partial charge in [-0.15, -0.1) is 0 Å². The molecule has 0 atom stereocenters. The fraction of sp³-hybridized carbons (Fsp3) is 0.188. The van der Waals surface area contributed by atoms with E-state index in [0.29, 0.717) is 23.2 Å². The number of amides is 1. The topological polar surface area (TPSA) is 75.1 Å². The first-order chi connectivity index (χ1) is 10.2. The van der Waals surface area contributed by atoms with Crippen LogP contribution < -0.4 is 5.32 Å². The van der Waals surface area contributed by atoms with Crippen molar-refractivity contribution in [2.24, 2.45) is 0 Å². The van der Waals surface area contributed by atoms with E-state index in [9.17, 15) is 4.79 Å². The van der Waals surface area contributed by atoms with Gasteiger partial charge in [0.15, 0.2) is 0 Å². The van der Waals surface area contributed by atoms with E-state index in [0.717, 1.165) is 5.56 Å². The number of anilines is 1. The first-order valence-corrected chi connectivity index (χ1v) is 6.47. The second kappa shape index (κ2) is 7.17. The monoisotopic (exact) mass is 281 g/mol. The average molecular weight is 281 g/mol. The molecular formula is C16H15N3O2. The van der Waals surface area contributed by atoms with Crippen LogP contribution in [0.15, 0.2) is 36.9 Å². The van der Waals surface area contributed by atoms with Crippen LogP contribution in [0.2, 0.25) is 0 Å². The van der Waals surface area contributed by atoms with Crippen LogP contribution in [-0.2, 0) is 0 Å². The third kappa shape index (κ3) is 4.13. The van der Waals surface area contributed by atoms with Crippen LogP contribution in [0.4, 0.5) is 5.69 Å². The van der Waals surface area contributed by atoms with Crippen LogP contribution in [0.3, 0.4) is 0 Å². The van der Waals surface area contributed by atoms with Gasteiger partial charge in [0.1, 0.15) is 0 Å². The van der Waals surface area contributed by atoms with Gasteiger partial charge < -0.3 is 10.4 Å². The minimum absolute atomic E-state index is 0.0158. The second-order valence-electron chi connectivity index (χ2n) is 4.38. The van der Waals surface area contributed by atoms with Crippen LogP contribution in [0.25, 0.3) is 0 Å². The number of aliphatic hydroxyl groups excluding tert-OH is 1.